The number of carbonyl (C=O) groups excluding carboxylic acids is 2. The number of benzene rings is 1. The van der Waals surface area contributed by atoms with Crippen LogP contribution in [-0.2, 0) is 14.3 Å². The van der Waals surface area contributed by atoms with E-state index >= 15 is 0 Å². The lowest BCUT2D eigenvalue weighted by Gasteiger charge is -2.29. The van der Waals surface area contributed by atoms with Gasteiger partial charge in [0.1, 0.15) is 12.0 Å². The van der Waals surface area contributed by atoms with Crippen LogP contribution in [0.5, 0.6) is 0 Å². The molecule has 1 atom stereocenters. The van der Waals surface area contributed by atoms with Gasteiger partial charge in [0.2, 0.25) is 6.79 Å². The Labute approximate surface area is 230 Å². The first-order valence-electron chi connectivity index (χ1n) is 13.2. The minimum absolute atomic E-state index is 0.136. The summed E-state index contributed by atoms with van der Waals surface area (Å²) in [6, 6.07) is 4.71. The van der Waals surface area contributed by atoms with E-state index in [-0.39, 0.29) is 24.6 Å². The first-order valence-corrected chi connectivity index (χ1v) is 16.0. The topological polar surface area (TPSA) is 96.3 Å². The molecule has 0 bridgehead atoms. The minimum atomic E-state index is -3.21. The van der Waals surface area contributed by atoms with Crippen LogP contribution in [0.2, 0.25) is 10.0 Å². The quantitative estimate of drug-likeness (QED) is 0.169. The molecule has 10 heteroatoms. The molecule has 37 heavy (non-hydrogen) atoms. The Kier molecular flexibility index (Phi) is 12.0. The smallest absolute Gasteiger partial charge is 0.413 e. The maximum atomic E-state index is 13.1. The molecule has 1 aromatic carbocycles. The molecule has 1 aromatic rings. The van der Waals surface area contributed by atoms with E-state index in [1.54, 1.807) is 24.0 Å². The maximum absolute atomic E-state index is 13.1. The highest BCUT2D eigenvalue weighted by Gasteiger charge is 2.33. The third kappa shape index (κ3) is 9.71. The maximum Gasteiger partial charge on any atom is 0.413 e. The first-order chi connectivity index (χ1) is 17.7. The molecule has 0 spiro atoms. The number of rotatable bonds is 10. The lowest BCUT2D eigenvalue weighted by molar-refractivity contribution is -0.158. The molecular formula is C27H39Cl2NO6P+. The molecule has 0 aliphatic heterocycles. The predicted molar refractivity (Wildman–Crippen MR) is 148 cm³/mol. The molecular weight excluding hydrogens is 536 g/mol. The molecule has 2 N–H and O–H groups in total. The largest absolute Gasteiger partial charge is 0.428 e. The van der Waals surface area contributed by atoms with E-state index in [0.717, 1.165) is 68.9 Å². The Morgan fingerprint density at radius 1 is 1.05 bits per heavy atom. The Hall–Kier alpha value is -1.37. The van der Waals surface area contributed by atoms with Crippen LogP contribution < -0.4 is 0 Å². The van der Waals surface area contributed by atoms with Gasteiger partial charge in [-0.15, -0.1) is 0 Å². The molecule has 0 saturated heterocycles. The molecule has 2 fully saturated rings. The number of esters is 1. The van der Waals surface area contributed by atoms with Gasteiger partial charge < -0.3 is 14.4 Å². The van der Waals surface area contributed by atoms with Gasteiger partial charge >= 0.3 is 12.1 Å². The number of hydrogen-bond acceptors (Lipinski definition) is 6. The SMILES string of the molecule is CC(c1ccc(Cl)c(Cl)c1)N(CCC[P+](O)(O)C=C1CCCCC1)C(=O)OCOC(=O)C1CCCCC1. The van der Waals surface area contributed by atoms with Crippen LogP contribution in [0.4, 0.5) is 4.79 Å². The van der Waals surface area contributed by atoms with E-state index < -0.39 is 26.6 Å². The number of ether oxygens (including phenoxy) is 2. The molecule has 2 aliphatic carbocycles. The summed E-state index contributed by atoms with van der Waals surface area (Å²) in [5.74, 6) is 1.20. The van der Waals surface area contributed by atoms with Gasteiger partial charge in [-0.1, -0.05) is 55.0 Å². The fraction of sp³-hybridized carbons (Fsp3) is 0.630. The molecule has 206 valence electrons. The molecule has 0 heterocycles. The van der Waals surface area contributed by atoms with Crippen LogP contribution >= 0.6 is 30.9 Å². The molecule has 1 unspecified atom stereocenters. The third-order valence-electron chi connectivity index (χ3n) is 7.22. The Bertz CT molecular complexity index is 943. The normalized spacial score (nSPS) is 17.7. The standard InChI is InChI=1S/C27H39Cl2NO6P/c1-20(23-13-14-24(28)25(29)17-23)30(15-8-16-37(33,34)18-21-9-4-2-5-10-21)27(32)36-19-35-26(31)22-11-6-3-7-12-22/h13-14,17-18,20,22,33-34H,2-12,15-16,19H2,1H3/q+1. The number of hydrogen-bond donors (Lipinski definition) is 2. The molecule has 1 amide bonds. The van der Waals surface area contributed by atoms with E-state index in [1.165, 1.54) is 11.3 Å². The van der Waals surface area contributed by atoms with E-state index in [1.807, 2.05) is 6.92 Å². The van der Waals surface area contributed by atoms with Crippen molar-refractivity contribution in [3.63, 3.8) is 0 Å². The van der Waals surface area contributed by atoms with E-state index in [0.29, 0.717) is 16.5 Å². The zero-order valence-corrected chi connectivity index (χ0v) is 23.9. The van der Waals surface area contributed by atoms with Crippen molar-refractivity contribution in [2.75, 3.05) is 19.5 Å². The molecule has 0 radical (unpaired) electrons. The monoisotopic (exact) mass is 574 g/mol. The summed E-state index contributed by atoms with van der Waals surface area (Å²) in [6.07, 6.45) is 9.80. The molecule has 7 nitrogen and oxygen atoms in total. The zero-order chi connectivity index (χ0) is 26.8. The molecule has 2 saturated carbocycles. The van der Waals surface area contributed by atoms with Crippen molar-refractivity contribution < 1.29 is 28.8 Å². The minimum Gasteiger partial charge on any atom is -0.428 e. The fourth-order valence-corrected chi connectivity index (χ4v) is 6.92. The number of halogens is 2. The van der Waals surface area contributed by atoms with Crippen LogP contribution in [-0.4, -0.2) is 46.2 Å². The second-order valence-electron chi connectivity index (χ2n) is 10.1. The molecule has 2 aliphatic rings. The second-order valence-corrected chi connectivity index (χ2v) is 13.2. The van der Waals surface area contributed by atoms with E-state index in [9.17, 15) is 19.4 Å². The van der Waals surface area contributed by atoms with Crippen molar-refractivity contribution >= 4 is 43.0 Å². The van der Waals surface area contributed by atoms with Gasteiger partial charge in [-0.05, 0) is 68.7 Å². The number of nitrogens with zero attached hydrogens (tertiary/aromatic N) is 1. The third-order valence-corrected chi connectivity index (χ3v) is 9.71. The molecule has 0 aromatic heterocycles. The lowest BCUT2D eigenvalue weighted by Crippen LogP contribution is -2.36. The van der Waals surface area contributed by atoms with Gasteiger partial charge in [-0.25, -0.2) is 14.6 Å². The number of allylic oxidation sites excluding steroid dienone is 1. The fourth-order valence-electron chi connectivity index (χ4n) is 5.04. The average Bonchev–Trinajstić information content (AvgIpc) is 2.88. The lowest BCUT2D eigenvalue weighted by atomic mass is 9.89. The van der Waals surface area contributed by atoms with Gasteiger partial charge in [-0.3, -0.25) is 4.79 Å². The van der Waals surface area contributed by atoms with E-state index in [4.69, 9.17) is 32.7 Å². The van der Waals surface area contributed by atoms with Gasteiger partial charge in [0, 0.05) is 13.0 Å². The average molecular weight is 575 g/mol. The van der Waals surface area contributed by atoms with Gasteiger partial charge in [-0.2, -0.15) is 0 Å². The Morgan fingerprint density at radius 3 is 2.41 bits per heavy atom. The Morgan fingerprint density at radius 2 is 1.73 bits per heavy atom. The number of amides is 1. The summed E-state index contributed by atoms with van der Waals surface area (Å²) < 4.78 is 10.6. The second kappa shape index (κ2) is 14.7. The van der Waals surface area contributed by atoms with Crippen LogP contribution in [0.25, 0.3) is 0 Å². The zero-order valence-electron chi connectivity index (χ0n) is 21.5. The summed E-state index contributed by atoms with van der Waals surface area (Å²) in [5.41, 5.74) is 1.87. The van der Waals surface area contributed by atoms with Crippen molar-refractivity contribution in [1.29, 1.82) is 0 Å². The van der Waals surface area contributed by atoms with E-state index in [2.05, 4.69) is 0 Å². The van der Waals surface area contributed by atoms with Crippen molar-refractivity contribution in [2.24, 2.45) is 5.92 Å². The highest BCUT2D eigenvalue weighted by molar-refractivity contribution is 7.67. The summed E-state index contributed by atoms with van der Waals surface area (Å²) in [5, 5.41) is 0.780. The first kappa shape index (κ1) is 30.2. The summed E-state index contributed by atoms with van der Waals surface area (Å²) in [7, 11) is -3.21. The number of carbonyl (C=O) groups is 2. The summed E-state index contributed by atoms with van der Waals surface area (Å²) in [4.78, 5) is 48.1. The van der Waals surface area contributed by atoms with Crippen LogP contribution in [0, 0.1) is 5.92 Å². The van der Waals surface area contributed by atoms with Crippen LogP contribution in [0.3, 0.4) is 0 Å². The van der Waals surface area contributed by atoms with Crippen LogP contribution in [0.1, 0.15) is 89.2 Å². The van der Waals surface area contributed by atoms with Gasteiger partial charge in [0.15, 0.2) is 0 Å². The van der Waals surface area contributed by atoms with Crippen molar-refractivity contribution in [3.05, 3.63) is 45.2 Å². The highest BCUT2D eigenvalue weighted by Crippen LogP contribution is 2.54. The summed E-state index contributed by atoms with van der Waals surface area (Å²) in [6.45, 7) is 1.60. The highest BCUT2D eigenvalue weighted by atomic mass is 35.5. The van der Waals surface area contributed by atoms with Crippen molar-refractivity contribution in [3.8, 4) is 0 Å². The summed E-state index contributed by atoms with van der Waals surface area (Å²) >= 11 is 12.3. The van der Waals surface area contributed by atoms with Crippen molar-refractivity contribution in [1.82, 2.24) is 4.90 Å². The van der Waals surface area contributed by atoms with Crippen molar-refractivity contribution in [2.45, 2.75) is 83.6 Å². The Balaban J connectivity index is 1.61. The van der Waals surface area contributed by atoms with Gasteiger partial charge in [0.25, 0.3) is 7.72 Å². The molecule has 3 rings (SSSR count). The van der Waals surface area contributed by atoms with Crippen LogP contribution in [0.15, 0.2) is 29.6 Å². The predicted octanol–water partition coefficient (Wildman–Crippen LogP) is 7.64. The van der Waals surface area contributed by atoms with Gasteiger partial charge in [0.05, 0.1) is 22.0 Å².